The van der Waals surface area contributed by atoms with Crippen LogP contribution < -0.4 is 4.74 Å². The van der Waals surface area contributed by atoms with Crippen LogP contribution >= 0.6 is 0 Å². The lowest BCUT2D eigenvalue weighted by Gasteiger charge is -2.41. The van der Waals surface area contributed by atoms with Crippen LogP contribution in [-0.4, -0.2) is 53.8 Å². The molecule has 1 saturated heterocycles. The predicted molar refractivity (Wildman–Crippen MR) is 107 cm³/mol. The fourth-order valence-electron chi connectivity index (χ4n) is 3.67. The molecule has 0 unspecified atom stereocenters. The number of rotatable bonds is 9. The van der Waals surface area contributed by atoms with Crippen molar-refractivity contribution in [3.8, 4) is 5.75 Å². The van der Waals surface area contributed by atoms with Crippen molar-refractivity contribution in [3.05, 3.63) is 66.1 Å². The zero-order chi connectivity index (χ0) is 19.1. The highest BCUT2D eigenvalue weighted by Gasteiger charge is 2.27. The first kappa shape index (κ1) is 19.7. The van der Waals surface area contributed by atoms with Crippen molar-refractivity contribution in [1.29, 1.82) is 0 Å². The Bertz CT molecular complexity index is 728. The molecule has 0 saturated carbocycles. The molecule has 27 heavy (non-hydrogen) atoms. The maximum atomic E-state index is 9.53. The van der Waals surface area contributed by atoms with E-state index in [-0.39, 0.29) is 6.61 Å². The molecule has 0 spiro atoms. The summed E-state index contributed by atoms with van der Waals surface area (Å²) in [5, 5.41) is 9.53. The van der Waals surface area contributed by atoms with E-state index in [4.69, 9.17) is 9.15 Å². The van der Waals surface area contributed by atoms with Gasteiger partial charge in [0.1, 0.15) is 23.9 Å². The number of aliphatic hydroxyl groups is 1. The van der Waals surface area contributed by atoms with Crippen molar-refractivity contribution in [1.82, 2.24) is 9.80 Å². The lowest BCUT2D eigenvalue weighted by molar-refractivity contribution is 0.0450. The molecular weight excluding hydrogens is 340 g/mol. The van der Waals surface area contributed by atoms with Crippen LogP contribution in [0.4, 0.5) is 0 Å². The van der Waals surface area contributed by atoms with E-state index < -0.39 is 0 Å². The standard InChI is InChI=1S/C22H30N2O3/c1-3-14-26-22-7-5-4-6-19(22)15-23-11-12-24(20(16-23)10-13-25)17-21-9-8-18(2)27-21/h3-9,20,25H,1,10-17H2,2H3/t20-/m0/s1. The van der Waals surface area contributed by atoms with Gasteiger partial charge in [-0.2, -0.15) is 0 Å². The third kappa shape index (κ3) is 5.45. The number of para-hydroxylation sites is 1. The van der Waals surface area contributed by atoms with Crippen LogP contribution in [-0.2, 0) is 13.1 Å². The molecule has 0 aliphatic carbocycles. The van der Waals surface area contributed by atoms with Gasteiger partial charge in [-0.3, -0.25) is 9.80 Å². The largest absolute Gasteiger partial charge is 0.489 e. The van der Waals surface area contributed by atoms with E-state index in [0.717, 1.165) is 56.4 Å². The molecule has 0 bridgehead atoms. The highest BCUT2D eigenvalue weighted by atomic mass is 16.5. The van der Waals surface area contributed by atoms with Gasteiger partial charge in [0.2, 0.25) is 0 Å². The summed E-state index contributed by atoms with van der Waals surface area (Å²) in [6.45, 7) is 10.9. The smallest absolute Gasteiger partial charge is 0.124 e. The molecule has 2 aromatic rings. The first-order valence-corrected chi connectivity index (χ1v) is 9.63. The number of nitrogens with zero attached hydrogens (tertiary/aromatic N) is 2. The Morgan fingerprint density at radius 3 is 2.81 bits per heavy atom. The number of aryl methyl sites for hydroxylation is 1. The Morgan fingerprint density at radius 1 is 1.22 bits per heavy atom. The van der Waals surface area contributed by atoms with E-state index >= 15 is 0 Å². The average Bonchev–Trinajstić information content (AvgIpc) is 3.08. The van der Waals surface area contributed by atoms with Gasteiger partial charge in [0.05, 0.1) is 6.54 Å². The van der Waals surface area contributed by atoms with E-state index in [1.807, 2.05) is 31.2 Å². The summed E-state index contributed by atoms with van der Waals surface area (Å²) in [5.74, 6) is 2.86. The predicted octanol–water partition coefficient (Wildman–Crippen LogP) is 3.22. The number of piperazine rings is 1. The fourth-order valence-corrected chi connectivity index (χ4v) is 3.67. The highest BCUT2D eigenvalue weighted by molar-refractivity contribution is 5.33. The van der Waals surface area contributed by atoms with Gasteiger partial charge in [-0.25, -0.2) is 0 Å². The molecule has 5 heteroatoms. The third-order valence-corrected chi connectivity index (χ3v) is 5.03. The summed E-state index contributed by atoms with van der Waals surface area (Å²) in [7, 11) is 0. The molecule has 1 atom stereocenters. The second-order valence-corrected chi connectivity index (χ2v) is 7.09. The molecule has 2 heterocycles. The fraction of sp³-hybridized carbons (Fsp3) is 0.455. The topological polar surface area (TPSA) is 49.1 Å². The van der Waals surface area contributed by atoms with Gasteiger partial charge >= 0.3 is 0 Å². The summed E-state index contributed by atoms with van der Waals surface area (Å²) in [5.41, 5.74) is 1.19. The van der Waals surface area contributed by atoms with Crippen molar-refractivity contribution in [2.24, 2.45) is 0 Å². The lowest BCUT2D eigenvalue weighted by atomic mass is 10.1. The Balaban J connectivity index is 1.63. The molecule has 0 radical (unpaired) electrons. The van der Waals surface area contributed by atoms with Crippen LogP contribution in [0.3, 0.4) is 0 Å². The Kier molecular flexibility index (Phi) is 7.10. The van der Waals surface area contributed by atoms with Crippen molar-refractivity contribution in [2.45, 2.75) is 32.5 Å². The number of benzene rings is 1. The van der Waals surface area contributed by atoms with Gasteiger partial charge < -0.3 is 14.3 Å². The van der Waals surface area contributed by atoms with Crippen LogP contribution in [0.2, 0.25) is 0 Å². The normalized spacial score (nSPS) is 18.5. The number of hydrogen-bond acceptors (Lipinski definition) is 5. The first-order valence-electron chi connectivity index (χ1n) is 9.63. The minimum Gasteiger partial charge on any atom is -0.489 e. The van der Waals surface area contributed by atoms with Crippen molar-refractivity contribution >= 4 is 0 Å². The van der Waals surface area contributed by atoms with Crippen LogP contribution in [0.25, 0.3) is 0 Å². The molecule has 1 aromatic carbocycles. The summed E-state index contributed by atoms with van der Waals surface area (Å²) in [4.78, 5) is 4.87. The molecule has 3 rings (SSSR count). The van der Waals surface area contributed by atoms with Crippen LogP contribution in [0, 0.1) is 6.92 Å². The van der Waals surface area contributed by atoms with Crippen LogP contribution in [0.5, 0.6) is 5.75 Å². The minimum absolute atomic E-state index is 0.200. The van der Waals surface area contributed by atoms with Gasteiger partial charge in [0, 0.05) is 44.4 Å². The second-order valence-electron chi connectivity index (χ2n) is 7.09. The molecule has 0 amide bonds. The van der Waals surface area contributed by atoms with Crippen molar-refractivity contribution < 1.29 is 14.3 Å². The van der Waals surface area contributed by atoms with Crippen molar-refractivity contribution in [2.75, 3.05) is 32.8 Å². The number of furan rings is 1. The quantitative estimate of drug-likeness (QED) is 0.687. The van der Waals surface area contributed by atoms with E-state index in [1.165, 1.54) is 5.56 Å². The number of hydrogen-bond donors (Lipinski definition) is 1. The average molecular weight is 370 g/mol. The summed E-state index contributed by atoms with van der Waals surface area (Å²) in [6, 6.07) is 12.6. The number of aliphatic hydroxyl groups excluding tert-OH is 1. The Hall–Kier alpha value is -2.08. The zero-order valence-electron chi connectivity index (χ0n) is 16.1. The molecule has 1 aliphatic heterocycles. The summed E-state index contributed by atoms with van der Waals surface area (Å²) in [6.07, 6.45) is 2.54. The molecule has 146 valence electrons. The SMILES string of the molecule is C=CCOc1ccccc1CN1CCN(Cc2ccc(C)o2)[C@@H](CCO)C1. The highest BCUT2D eigenvalue weighted by Crippen LogP contribution is 2.23. The van der Waals surface area contributed by atoms with Gasteiger partial charge in [-0.15, -0.1) is 0 Å². The van der Waals surface area contributed by atoms with E-state index in [0.29, 0.717) is 12.6 Å². The molecule has 1 aromatic heterocycles. The molecule has 1 fully saturated rings. The molecule has 5 nitrogen and oxygen atoms in total. The monoisotopic (exact) mass is 370 g/mol. The van der Waals surface area contributed by atoms with Gasteiger partial charge in [0.15, 0.2) is 0 Å². The molecular formula is C22H30N2O3. The van der Waals surface area contributed by atoms with E-state index in [2.05, 4.69) is 28.5 Å². The van der Waals surface area contributed by atoms with E-state index in [1.54, 1.807) is 6.08 Å². The van der Waals surface area contributed by atoms with Crippen molar-refractivity contribution in [3.63, 3.8) is 0 Å². The van der Waals surface area contributed by atoms with Crippen LogP contribution in [0.1, 0.15) is 23.5 Å². The molecule has 1 N–H and O–H groups in total. The van der Waals surface area contributed by atoms with E-state index in [9.17, 15) is 5.11 Å². The second kappa shape index (κ2) is 9.74. The van der Waals surface area contributed by atoms with Gasteiger partial charge in [-0.05, 0) is 31.5 Å². The summed E-state index contributed by atoms with van der Waals surface area (Å²) < 4.78 is 11.5. The Morgan fingerprint density at radius 2 is 2.07 bits per heavy atom. The maximum absolute atomic E-state index is 9.53. The first-order chi connectivity index (χ1) is 13.2. The van der Waals surface area contributed by atoms with Crippen LogP contribution in [0.15, 0.2) is 53.5 Å². The third-order valence-electron chi connectivity index (χ3n) is 5.03. The maximum Gasteiger partial charge on any atom is 0.124 e. The Labute approximate surface area is 161 Å². The molecule has 1 aliphatic rings. The zero-order valence-corrected chi connectivity index (χ0v) is 16.1. The van der Waals surface area contributed by atoms with Gasteiger partial charge in [-0.1, -0.05) is 30.9 Å². The number of ether oxygens (including phenoxy) is 1. The minimum atomic E-state index is 0.200. The lowest BCUT2D eigenvalue weighted by Crippen LogP contribution is -2.52. The summed E-state index contributed by atoms with van der Waals surface area (Å²) >= 11 is 0. The van der Waals surface area contributed by atoms with Gasteiger partial charge in [0.25, 0.3) is 0 Å².